The summed E-state index contributed by atoms with van der Waals surface area (Å²) in [6.45, 7) is 0. The number of ether oxygens (including phenoxy) is 1. The molecule has 6 nitrogen and oxygen atoms in total. The Kier molecular flexibility index (Phi) is 7.24. The predicted octanol–water partition coefficient (Wildman–Crippen LogP) is 6.63. The summed E-state index contributed by atoms with van der Waals surface area (Å²) in [6.07, 6.45) is 1.49. The first-order valence-electron chi connectivity index (χ1n) is 9.77. The number of thiazole rings is 1. The largest absolute Gasteiger partial charge is 0.496 e. The Hall–Kier alpha value is -3.39. The number of anilines is 2. The van der Waals surface area contributed by atoms with Crippen molar-refractivity contribution >= 4 is 57.5 Å². The summed E-state index contributed by atoms with van der Waals surface area (Å²) in [5, 5.41) is 11.2. The molecule has 4 rings (SSSR count). The molecule has 3 aromatic carbocycles. The van der Waals surface area contributed by atoms with Gasteiger partial charge in [0.1, 0.15) is 5.75 Å². The molecule has 33 heavy (non-hydrogen) atoms. The fourth-order valence-electron chi connectivity index (χ4n) is 2.94. The maximum Gasteiger partial charge on any atom is 0.271 e. The smallest absolute Gasteiger partial charge is 0.271 e. The average molecular weight is 497 g/mol. The Labute approximate surface area is 204 Å². The maximum absolute atomic E-state index is 12.4. The minimum Gasteiger partial charge on any atom is -0.496 e. The molecule has 0 fully saturated rings. The maximum atomic E-state index is 12.4. The van der Waals surface area contributed by atoms with Crippen LogP contribution in [-0.2, 0) is 0 Å². The fourth-order valence-corrected chi connectivity index (χ4v) is 3.99. The SMILES string of the molecule is COc1ccc(Cl)cc1/C=N\NC(=O)c1ccc(-c2csc(Nc3ccc(Cl)cc3)n2)cc1. The van der Waals surface area contributed by atoms with E-state index in [0.29, 0.717) is 26.9 Å². The summed E-state index contributed by atoms with van der Waals surface area (Å²) in [5.74, 6) is 0.275. The Morgan fingerprint density at radius 1 is 1.03 bits per heavy atom. The second kappa shape index (κ2) is 10.5. The topological polar surface area (TPSA) is 75.6 Å². The van der Waals surface area contributed by atoms with E-state index in [1.54, 1.807) is 37.4 Å². The Morgan fingerprint density at radius 3 is 2.48 bits per heavy atom. The van der Waals surface area contributed by atoms with Gasteiger partial charge in [-0.2, -0.15) is 5.10 Å². The lowest BCUT2D eigenvalue weighted by Gasteiger charge is -2.05. The van der Waals surface area contributed by atoms with Crippen molar-refractivity contribution in [3.8, 4) is 17.0 Å². The van der Waals surface area contributed by atoms with Crippen molar-refractivity contribution in [1.29, 1.82) is 0 Å². The molecule has 0 spiro atoms. The highest BCUT2D eigenvalue weighted by atomic mass is 35.5. The molecule has 4 aromatic rings. The minimum atomic E-state index is -0.331. The number of nitrogens with zero attached hydrogens (tertiary/aromatic N) is 2. The zero-order valence-corrected chi connectivity index (χ0v) is 19.7. The van der Waals surface area contributed by atoms with Crippen molar-refractivity contribution in [3.05, 3.63) is 93.3 Å². The van der Waals surface area contributed by atoms with Gasteiger partial charge in [0.2, 0.25) is 0 Å². The van der Waals surface area contributed by atoms with E-state index in [1.807, 2.05) is 41.8 Å². The summed E-state index contributed by atoms with van der Waals surface area (Å²) in [4.78, 5) is 17.0. The van der Waals surface area contributed by atoms with Gasteiger partial charge >= 0.3 is 0 Å². The molecule has 0 radical (unpaired) electrons. The Balaban J connectivity index is 1.39. The van der Waals surface area contributed by atoms with E-state index in [2.05, 4.69) is 20.8 Å². The number of rotatable bonds is 7. The first-order valence-corrected chi connectivity index (χ1v) is 11.4. The lowest BCUT2D eigenvalue weighted by atomic mass is 10.1. The van der Waals surface area contributed by atoms with Gasteiger partial charge in [-0.3, -0.25) is 4.79 Å². The van der Waals surface area contributed by atoms with Gasteiger partial charge in [0.25, 0.3) is 5.91 Å². The normalized spacial score (nSPS) is 10.9. The zero-order valence-electron chi connectivity index (χ0n) is 17.4. The van der Waals surface area contributed by atoms with Crippen molar-refractivity contribution in [2.75, 3.05) is 12.4 Å². The van der Waals surface area contributed by atoms with Crippen LogP contribution < -0.4 is 15.5 Å². The lowest BCUT2D eigenvalue weighted by molar-refractivity contribution is 0.0955. The molecule has 1 aromatic heterocycles. The molecular formula is C24H18Cl2N4O2S. The summed E-state index contributed by atoms with van der Waals surface area (Å²) >= 11 is 13.4. The highest BCUT2D eigenvalue weighted by molar-refractivity contribution is 7.14. The average Bonchev–Trinajstić information content (AvgIpc) is 3.29. The van der Waals surface area contributed by atoms with Crippen LogP contribution >= 0.6 is 34.5 Å². The zero-order chi connectivity index (χ0) is 23.2. The number of methoxy groups -OCH3 is 1. The molecule has 0 saturated carbocycles. The Bertz CT molecular complexity index is 1290. The lowest BCUT2D eigenvalue weighted by Crippen LogP contribution is -2.17. The number of hydrogen-bond acceptors (Lipinski definition) is 6. The number of carbonyl (C=O) groups is 1. The number of amides is 1. The molecule has 0 aliphatic carbocycles. The predicted molar refractivity (Wildman–Crippen MR) is 135 cm³/mol. The van der Waals surface area contributed by atoms with Crippen molar-refractivity contribution in [2.24, 2.45) is 5.10 Å². The third-order valence-corrected chi connectivity index (χ3v) is 5.85. The van der Waals surface area contributed by atoms with Crippen molar-refractivity contribution < 1.29 is 9.53 Å². The van der Waals surface area contributed by atoms with Crippen LogP contribution in [-0.4, -0.2) is 24.2 Å². The van der Waals surface area contributed by atoms with Crippen LogP contribution in [0.25, 0.3) is 11.3 Å². The van der Waals surface area contributed by atoms with Crippen LogP contribution in [0, 0.1) is 0 Å². The first kappa shape index (κ1) is 22.8. The van der Waals surface area contributed by atoms with Gasteiger partial charge in [-0.25, -0.2) is 10.4 Å². The van der Waals surface area contributed by atoms with Gasteiger partial charge in [0.15, 0.2) is 5.13 Å². The highest BCUT2D eigenvalue weighted by Crippen LogP contribution is 2.28. The molecule has 9 heteroatoms. The summed E-state index contributed by atoms with van der Waals surface area (Å²) in [7, 11) is 1.56. The monoisotopic (exact) mass is 496 g/mol. The molecule has 1 amide bonds. The molecule has 166 valence electrons. The van der Waals surface area contributed by atoms with Gasteiger partial charge in [-0.05, 0) is 54.6 Å². The molecule has 0 unspecified atom stereocenters. The molecule has 1 heterocycles. The number of benzene rings is 3. The van der Waals surface area contributed by atoms with E-state index in [4.69, 9.17) is 27.9 Å². The van der Waals surface area contributed by atoms with Crippen LogP contribution in [0.2, 0.25) is 10.0 Å². The molecule has 2 N–H and O–H groups in total. The molecule has 0 aliphatic rings. The number of carbonyl (C=O) groups excluding carboxylic acids is 1. The van der Waals surface area contributed by atoms with Gasteiger partial charge in [0.05, 0.1) is 19.0 Å². The second-order valence-corrected chi connectivity index (χ2v) is 8.56. The third kappa shape index (κ3) is 5.90. The molecule has 0 aliphatic heterocycles. The van der Waals surface area contributed by atoms with E-state index in [1.165, 1.54) is 17.6 Å². The minimum absolute atomic E-state index is 0.331. The van der Waals surface area contributed by atoms with E-state index in [-0.39, 0.29) is 5.91 Å². The van der Waals surface area contributed by atoms with E-state index in [9.17, 15) is 4.79 Å². The van der Waals surface area contributed by atoms with Crippen LogP contribution in [0.4, 0.5) is 10.8 Å². The van der Waals surface area contributed by atoms with Crippen LogP contribution in [0.3, 0.4) is 0 Å². The third-order valence-electron chi connectivity index (χ3n) is 4.60. The van der Waals surface area contributed by atoms with E-state index >= 15 is 0 Å². The molecular weight excluding hydrogens is 479 g/mol. The molecule has 0 saturated heterocycles. The summed E-state index contributed by atoms with van der Waals surface area (Å²) in [6, 6.07) is 19.7. The van der Waals surface area contributed by atoms with E-state index < -0.39 is 0 Å². The number of hydrazone groups is 1. The number of halogens is 2. The second-order valence-electron chi connectivity index (χ2n) is 6.83. The van der Waals surface area contributed by atoms with Crippen molar-refractivity contribution in [1.82, 2.24) is 10.4 Å². The van der Waals surface area contributed by atoms with Gasteiger partial charge in [-0.15, -0.1) is 11.3 Å². The molecule has 0 atom stereocenters. The number of nitrogens with one attached hydrogen (secondary N) is 2. The Morgan fingerprint density at radius 2 is 1.76 bits per heavy atom. The molecule has 0 bridgehead atoms. The first-order chi connectivity index (χ1) is 16.0. The standard InChI is InChI=1S/C24H18Cl2N4O2S/c1-32-22-11-8-19(26)12-17(22)13-27-30-23(31)16-4-2-15(3-5-16)21-14-33-24(29-21)28-20-9-6-18(25)7-10-20/h2-14H,1H3,(H,28,29)(H,30,31)/b27-13-. The van der Waals surface area contributed by atoms with Gasteiger partial charge < -0.3 is 10.1 Å². The van der Waals surface area contributed by atoms with Crippen molar-refractivity contribution in [3.63, 3.8) is 0 Å². The summed E-state index contributed by atoms with van der Waals surface area (Å²) in [5.41, 5.74) is 6.27. The van der Waals surface area contributed by atoms with Crippen LogP contribution in [0.15, 0.2) is 77.2 Å². The fraction of sp³-hybridized carbons (Fsp3) is 0.0417. The van der Waals surface area contributed by atoms with Gasteiger partial charge in [0, 0.05) is 37.8 Å². The van der Waals surface area contributed by atoms with Crippen LogP contribution in [0.1, 0.15) is 15.9 Å². The van der Waals surface area contributed by atoms with E-state index in [0.717, 1.165) is 22.1 Å². The number of aromatic nitrogens is 1. The van der Waals surface area contributed by atoms with Crippen molar-refractivity contribution in [2.45, 2.75) is 0 Å². The van der Waals surface area contributed by atoms with Crippen LogP contribution in [0.5, 0.6) is 5.75 Å². The quantitative estimate of drug-likeness (QED) is 0.222. The number of hydrogen-bond donors (Lipinski definition) is 2. The highest BCUT2D eigenvalue weighted by Gasteiger charge is 2.08. The van der Waals surface area contributed by atoms with Gasteiger partial charge in [-0.1, -0.05) is 35.3 Å². The summed E-state index contributed by atoms with van der Waals surface area (Å²) < 4.78 is 5.26.